The SMILES string of the molecule is CCc1cc(N2CCC(=O)CC2)nc(-c2ccc(OC)cc2)n1. The number of piperidine rings is 1. The third kappa shape index (κ3) is 3.50. The smallest absolute Gasteiger partial charge is 0.161 e. The zero-order chi connectivity index (χ0) is 16.2. The van der Waals surface area contributed by atoms with Crippen LogP contribution in [0.15, 0.2) is 30.3 Å². The molecule has 0 bridgehead atoms. The molecule has 1 fully saturated rings. The zero-order valence-corrected chi connectivity index (χ0v) is 13.6. The van der Waals surface area contributed by atoms with Crippen molar-refractivity contribution in [3.63, 3.8) is 0 Å². The van der Waals surface area contributed by atoms with E-state index < -0.39 is 0 Å². The van der Waals surface area contributed by atoms with Crippen molar-refractivity contribution in [3.8, 4) is 17.1 Å². The van der Waals surface area contributed by atoms with Crippen LogP contribution in [0.5, 0.6) is 5.75 Å². The number of ketones is 1. The molecule has 0 spiro atoms. The third-order valence-electron chi connectivity index (χ3n) is 4.12. The molecule has 1 aliphatic rings. The molecule has 5 nitrogen and oxygen atoms in total. The monoisotopic (exact) mass is 311 g/mol. The molecule has 5 heteroatoms. The van der Waals surface area contributed by atoms with E-state index in [2.05, 4.69) is 16.8 Å². The van der Waals surface area contributed by atoms with Gasteiger partial charge in [-0.3, -0.25) is 4.79 Å². The van der Waals surface area contributed by atoms with Crippen molar-refractivity contribution in [3.05, 3.63) is 36.0 Å². The summed E-state index contributed by atoms with van der Waals surface area (Å²) in [5.41, 5.74) is 1.98. The Hall–Kier alpha value is -2.43. The minimum atomic E-state index is 0.335. The number of ether oxygens (including phenoxy) is 1. The average Bonchev–Trinajstić information content (AvgIpc) is 2.62. The standard InChI is InChI=1S/C18H21N3O2/c1-3-14-12-17(21-10-8-15(22)9-11-21)20-18(19-14)13-4-6-16(23-2)7-5-13/h4-7,12H,3,8-11H2,1-2H3. The molecular formula is C18H21N3O2. The molecular weight excluding hydrogens is 290 g/mol. The predicted molar refractivity (Wildman–Crippen MR) is 89.9 cm³/mol. The van der Waals surface area contributed by atoms with Gasteiger partial charge in [0.05, 0.1) is 7.11 Å². The normalized spacial score (nSPS) is 14.9. The van der Waals surface area contributed by atoms with E-state index in [0.29, 0.717) is 18.6 Å². The first-order valence-corrected chi connectivity index (χ1v) is 7.98. The van der Waals surface area contributed by atoms with Gasteiger partial charge in [-0.25, -0.2) is 9.97 Å². The summed E-state index contributed by atoms with van der Waals surface area (Å²) in [4.78, 5) is 23.0. The zero-order valence-electron chi connectivity index (χ0n) is 13.6. The van der Waals surface area contributed by atoms with Gasteiger partial charge in [-0.05, 0) is 30.7 Å². The van der Waals surface area contributed by atoms with E-state index in [9.17, 15) is 4.79 Å². The molecule has 1 aromatic carbocycles. The molecule has 1 aliphatic heterocycles. The number of methoxy groups -OCH3 is 1. The fourth-order valence-corrected chi connectivity index (χ4v) is 2.68. The summed E-state index contributed by atoms with van der Waals surface area (Å²) in [6.45, 7) is 3.56. The molecule has 0 N–H and O–H groups in total. The largest absolute Gasteiger partial charge is 0.497 e. The Bertz CT molecular complexity index is 688. The summed E-state index contributed by atoms with van der Waals surface area (Å²) >= 11 is 0. The molecule has 120 valence electrons. The van der Waals surface area contributed by atoms with Crippen LogP contribution in [-0.2, 0) is 11.2 Å². The summed E-state index contributed by atoms with van der Waals surface area (Å²) in [6, 6.07) is 9.80. The summed E-state index contributed by atoms with van der Waals surface area (Å²) < 4.78 is 5.20. The second-order valence-corrected chi connectivity index (χ2v) is 5.65. The third-order valence-corrected chi connectivity index (χ3v) is 4.12. The van der Waals surface area contributed by atoms with Crippen LogP contribution in [0.25, 0.3) is 11.4 Å². The number of carbonyl (C=O) groups is 1. The van der Waals surface area contributed by atoms with Gasteiger partial charge in [0.15, 0.2) is 5.82 Å². The fourth-order valence-electron chi connectivity index (χ4n) is 2.68. The number of nitrogens with zero attached hydrogens (tertiary/aromatic N) is 3. The second kappa shape index (κ2) is 6.77. The van der Waals surface area contributed by atoms with E-state index in [0.717, 1.165) is 48.2 Å². The predicted octanol–water partition coefficient (Wildman–Crippen LogP) is 2.88. The number of aryl methyl sites for hydroxylation is 1. The van der Waals surface area contributed by atoms with Crippen molar-refractivity contribution in [1.29, 1.82) is 0 Å². The summed E-state index contributed by atoms with van der Waals surface area (Å²) in [7, 11) is 1.65. The topological polar surface area (TPSA) is 55.3 Å². The Morgan fingerprint density at radius 1 is 1.13 bits per heavy atom. The van der Waals surface area contributed by atoms with E-state index in [1.54, 1.807) is 7.11 Å². The fraction of sp³-hybridized carbons (Fsp3) is 0.389. The van der Waals surface area contributed by atoms with Crippen molar-refractivity contribution in [2.75, 3.05) is 25.1 Å². The van der Waals surface area contributed by atoms with E-state index in [1.807, 2.05) is 30.3 Å². The Morgan fingerprint density at radius 3 is 2.43 bits per heavy atom. The number of hydrogen-bond acceptors (Lipinski definition) is 5. The van der Waals surface area contributed by atoms with Crippen LogP contribution in [0, 0.1) is 0 Å². The Balaban J connectivity index is 1.93. The molecule has 0 aliphatic carbocycles. The van der Waals surface area contributed by atoms with Crippen LogP contribution in [-0.4, -0.2) is 36.0 Å². The lowest BCUT2D eigenvalue weighted by atomic mass is 10.1. The van der Waals surface area contributed by atoms with Crippen LogP contribution >= 0.6 is 0 Å². The van der Waals surface area contributed by atoms with Crippen LogP contribution in [0.2, 0.25) is 0 Å². The van der Waals surface area contributed by atoms with Crippen LogP contribution in [0.1, 0.15) is 25.5 Å². The van der Waals surface area contributed by atoms with Crippen LogP contribution in [0.4, 0.5) is 5.82 Å². The molecule has 2 aromatic rings. The van der Waals surface area contributed by atoms with Gasteiger partial charge in [0.1, 0.15) is 17.4 Å². The second-order valence-electron chi connectivity index (χ2n) is 5.65. The Kier molecular flexibility index (Phi) is 4.55. The lowest BCUT2D eigenvalue weighted by molar-refractivity contribution is -0.119. The van der Waals surface area contributed by atoms with E-state index in [1.165, 1.54) is 0 Å². The number of anilines is 1. The van der Waals surface area contributed by atoms with Gasteiger partial charge >= 0.3 is 0 Å². The van der Waals surface area contributed by atoms with E-state index in [4.69, 9.17) is 9.72 Å². The van der Waals surface area contributed by atoms with Crippen molar-refractivity contribution in [1.82, 2.24) is 9.97 Å². The number of benzene rings is 1. The molecule has 1 aromatic heterocycles. The minimum absolute atomic E-state index is 0.335. The molecule has 0 saturated carbocycles. The van der Waals surface area contributed by atoms with E-state index >= 15 is 0 Å². The average molecular weight is 311 g/mol. The quantitative estimate of drug-likeness (QED) is 0.869. The maximum Gasteiger partial charge on any atom is 0.161 e. The number of rotatable bonds is 4. The van der Waals surface area contributed by atoms with Gasteiger partial charge in [0.2, 0.25) is 0 Å². The van der Waals surface area contributed by atoms with Gasteiger partial charge in [-0.15, -0.1) is 0 Å². The first-order valence-electron chi connectivity index (χ1n) is 7.98. The van der Waals surface area contributed by atoms with E-state index in [-0.39, 0.29) is 0 Å². The number of hydrogen-bond donors (Lipinski definition) is 0. The van der Waals surface area contributed by atoms with Crippen molar-refractivity contribution >= 4 is 11.6 Å². The maximum atomic E-state index is 11.4. The van der Waals surface area contributed by atoms with Gasteiger partial charge in [-0.2, -0.15) is 0 Å². The molecule has 1 saturated heterocycles. The van der Waals surface area contributed by atoms with Crippen molar-refractivity contribution in [2.24, 2.45) is 0 Å². The van der Waals surface area contributed by atoms with Crippen LogP contribution < -0.4 is 9.64 Å². The summed E-state index contributed by atoms with van der Waals surface area (Å²) in [6.07, 6.45) is 2.05. The first kappa shape index (κ1) is 15.5. The maximum absolute atomic E-state index is 11.4. The molecule has 0 atom stereocenters. The summed E-state index contributed by atoms with van der Waals surface area (Å²) in [5, 5.41) is 0. The first-order chi connectivity index (χ1) is 11.2. The number of Topliss-reactive ketones (excluding diaryl/α,β-unsaturated/α-hetero) is 1. The molecule has 23 heavy (non-hydrogen) atoms. The molecule has 0 unspecified atom stereocenters. The highest BCUT2D eigenvalue weighted by Gasteiger charge is 2.19. The highest BCUT2D eigenvalue weighted by atomic mass is 16.5. The number of carbonyl (C=O) groups excluding carboxylic acids is 1. The van der Waals surface area contributed by atoms with Gasteiger partial charge in [0, 0.05) is 43.3 Å². The highest BCUT2D eigenvalue weighted by molar-refractivity contribution is 5.80. The lowest BCUT2D eigenvalue weighted by Crippen LogP contribution is -2.34. The molecule has 0 radical (unpaired) electrons. The van der Waals surface area contributed by atoms with Crippen LogP contribution in [0.3, 0.4) is 0 Å². The summed E-state index contributed by atoms with van der Waals surface area (Å²) in [5.74, 6) is 2.78. The van der Waals surface area contributed by atoms with Gasteiger partial charge < -0.3 is 9.64 Å². The van der Waals surface area contributed by atoms with Gasteiger partial charge in [-0.1, -0.05) is 6.92 Å². The van der Waals surface area contributed by atoms with Gasteiger partial charge in [0.25, 0.3) is 0 Å². The lowest BCUT2D eigenvalue weighted by Gasteiger charge is -2.27. The Labute approximate surface area is 136 Å². The number of aromatic nitrogens is 2. The molecule has 2 heterocycles. The molecule has 3 rings (SSSR count). The minimum Gasteiger partial charge on any atom is -0.497 e. The Morgan fingerprint density at radius 2 is 1.83 bits per heavy atom. The van der Waals surface area contributed by atoms with Crippen molar-refractivity contribution in [2.45, 2.75) is 26.2 Å². The molecule has 0 amide bonds. The highest BCUT2D eigenvalue weighted by Crippen LogP contribution is 2.24. The van der Waals surface area contributed by atoms with Crippen molar-refractivity contribution < 1.29 is 9.53 Å².